The molecule has 1 aliphatic heterocycles. The van der Waals surface area contributed by atoms with Crippen molar-refractivity contribution < 1.29 is 33.9 Å². The average molecular weight is 746 g/mol. The molecule has 0 radical (unpaired) electrons. The third kappa shape index (κ3) is 11.3. The number of ether oxygens (including phenoxy) is 1. The number of hydrogen-bond acceptors (Lipinski definition) is 8. The summed E-state index contributed by atoms with van der Waals surface area (Å²) in [6, 6.07) is 2.57. The number of halogens is 1. The molecule has 2 saturated carbocycles. The minimum Gasteiger partial charge on any atom is -0.492 e. The second-order valence-corrected chi connectivity index (χ2v) is 16.6. The maximum absolute atomic E-state index is 14.6. The Hall–Kier alpha value is -3.38. The Bertz CT molecular complexity index is 1450. The van der Waals surface area contributed by atoms with Gasteiger partial charge in [0.15, 0.2) is 11.7 Å². The lowest BCUT2D eigenvalue weighted by Gasteiger charge is -2.36. The van der Waals surface area contributed by atoms with E-state index in [2.05, 4.69) is 21.1 Å². The summed E-state index contributed by atoms with van der Waals surface area (Å²) in [7, 11) is 0. The van der Waals surface area contributed by atoms with Gasteiger partial charge in [-0.1, -0.05) is 70.1 Å². The summed E-state index contributed by atoms with van der Waals surface area (Å²) in [6.07, 6.45) is 7.06. The molecule has 12 nitrogen and oxygen atoms in total. The van der Waals surface area contributed by atoms with Crippen molar-refractivity contribution in [1.29, 1.82) is 0 Å². The lowest BCUT2D eigenvalue weighted by Crippen LogP contribution is -2.59. The third-order valence-electron chi connectivity index (χ3n) is 10.3. The molecule has 2 aliphatic carbocycles. The van der Waals surface area contributed by atoms with Crippen molar-refractivity contribution in [2.45, 2.75) is 155 Å². The standard InChI is InChI=1S/C39H60ClN5O7/c1-8-13-29(33(47)36(49)41-27-17-18-27)42-35(48)30-22-39(7,52-44-24(3)26-16-19-31(51-9-2)28(40)21-26)23-45(30)37(50)34(38(4,5)6)43-32(46)20-25-14-11-10-12-15-25/h16,19,21,25,27,29-30,33-34,47H,8-15,17-18,20,22-23H2,1-7H3,(H,41,49)(H,42,48)(H,43,46)/b44-24+/t29-,30-,33?,34+,39+/m0/s1. The molecule has 4 rings (SSSR count). The minimum atomic E-state index is -1.45. The first-order valence-corrected chi connectivity index (χ1v) is 19.5. The van der Waals surface area contributed by atoms with E-state index < -0.39 is 53.0 Å². The fourth-order valence-corrected chi connectivity index (χ4v) is 7.33. The maximum atomic E-state index is 14.6. The first-order valence-electron chi connectivity index (χ1n) is 19.1. The molecule has 13 heteroatoms. The number of aliphatic hydroxyl groups excluding tert-OH is 1. The molecular formula is C39H60ClN5O7. The zero-order chi connectivity index (χ0) is 38.2. The summed E-state index contributed by atoms with van der Waals surface area (Å²) < 4.78 is 5.55. The van der Waals surface area contributed by atoms with Crippen LogP contribution >= 0.6 is 11.6 Å². The number of nitrogens with one attached hydrogen (secondary N) is 3. The Morgan fingerprint density at radius 3 is 2.37 bits per heavy atom. The molecule has 1 heterocycles. The molecule has 3 fully saturated rings. The van der Waals surface area contributed by atoms with E-state index in [0.717, 1.165) is 38.5 Å². The highest BCUT2D eigenvalue weighted by Crippen LogP contribution is 2.35. The van der Waals surface area contributed by atoms with E-state index in [4.69, 9.17) is 21.2 Å². The number of nitrogens with zero attached hydrogens (tertiary/aromatic N) is 2. The van der Waals surface area contributed by atoms with Gasteiger partial charge in [0.25, 0.3) is 5.91 Å². The van der Waals surface area contributed by atoms with Gasteiger partial charge in [-0.25, -0.2) is 0 Å². The Labute approximate surface area is 314 Å². The summed E-state index contributed by atoms with van der Waals surface area (Å²) in [5.74, 6) is -0.782. The molecular weight excluding hydrogens is 686 g/mol. The second-order valence-electron chi connectivity index (χ2n) is 16.2. The van der Waals surface area contributed by atoms with Gasteiger partial charge in [0.05, 0.1) is 29.9 Å². The van der Waals surface area contributed by atoms with E-state index in [9.17, 15) is 24.3 Å². The highest BCUT2D eigenvalue weighted by Gasteiger charge is 2.51. The van der Waals surface area contributed by atoms with Gasteiger partial charge in [-0.2, -0.15) is 0 Å². The van der Waals surface area contributed by atoms with Crippen LogP contribution in [0.2, 0.25) is 5.02 Å². The number of carbonyl (C=O) groups excluding carboxylic acids is 4. The van der Waals surface area contributed by atoms with Crippen molar-refractivity contribution in [3.05, 3.63) is 28.8 Å². The number of rotatable bonds is 16. The van der Waals surface area contributed by atoms with E-state index in [1.165, 1.54) is 11.3 Å². The molecule has 0 spiro atoms. The Morgan fingerprint density at radius 1 is 1.08 bits per heavy atom. The van der Waals surface area contributed by atoms with Crippen LogP contribution in [0.5, 0.6) is 5.75 Å². The van der Waals surface area contributed by atoms with Crippen LogP contribution in [0.15, 0.2) is 23.4 Å². The van der Waals surface area contributed by atoms with Gasteiger partial charge in [0.2, 0.25) is 17.7 Å². The summed E-state index contributed by atoms with van der Waals surface area (Å²) in [5.41, 5.74) is -0.520. The van der Waals surface area contributed by atoms with E-state index in [-0.39, 0.29) is 30.8 Å². The highest BCUT2D eigenvalue weighted by molar-refractivity contribution is 6.32. The number of likely N-dealkylation sites (tertiary alicyclic amines) is 1. The van der Waals surface area contributed by atoms with Crippen molar-refractivity contribution in [1.82, 2.24) is 20.9 Å². The topological polar surface area (TPSA) is 159 Å². The zero-order valence-corrected chi connectivity index (χ0v) is 32.8. The minimum absolute atomic E-state index is 0.0129. The van der Waals surface area contributed by atoms with Gasteiger partial charge in [0.1, 0.15) is 17.8 Å². The van der Waals surface area contributed by atoms with Gasteiger partial charge >= 0.3 is 0 Å². The Balaban J connectivity index is 1.59. The molecule has 4 N–H and O–H groups in total. The normalized spacial score (nSPS) is 23.0. The van der Waals surface area contributed by atoms with E-state index in [1.54, 1.807) is 26.0 Å². The average Bonchev–Trinajstić information content (AvgIpc) is 3.84. The zero-order valence-electron chi connectivity index (χ0n) is 32.1. The van der Waals surface area contributed by atoms with Crippen LogP contribution < -0.4 is 20.7 Å². The smallest absolute Gasteiger partial charge is 0.251 e. The fourth-order valence-electron chi connectivity index (χ4n) is 7.10. The van der Waals surface area contributed by atoms with E-state index in [1.807, 2.05) is 40.7 Å². The Morgan fingerprint density at radius 2 is 1.77 bits per heavy atom. The number of benzene rings is 1. The quantitative estimate of drug-likeness (QED) is 0.133. The van der Waals surface area contributed by atoms with E-state index in [0.29, 0.717) is 47.9 Å². The number of oxime groups is 1. The van der Waals surface area contributed by atoms with Gasteiger partial charge in [-0.15, -0.1) is 0 Å². The first-order chi connectivity index (χ1) is 24.5. The Kier molecular flexibility index (Phi) is 14.4. The van der Waals surface area contributed by atoms with Crippen LogP contribution in [0.3, 0.4) is 0 Å². The molecule has 290 valence electrons. The van der Waals surface area contributed by atoms with Crippen molar-refractivity contribution in [3.8, 4) is 5.75 Å². The predicted molar refractivity (Wildman–Crippen MR) is 201 cm³/mol. The maximum Gasteiger partial charge on any atom is 0.251 e. The van der Waals surface area contributed by atoms with Gasteiger partial charge in [0, 0.05) is 24.4 Å². The van der Waals surface area contributed by atoms with Gasteiger partial charge in [-0.05, 0) is 82.4 Å². The molecule has 1 aromatic rings. The lowest BCUT2D eigenvalue weighted by atomic mass is 9.84. The van der Waals surface area contributed by atoms with Crippen molar-refractivity contribution >= 4 is 40.9 Å². The predicted octanol–water partition coefficient (Wildman–Crippen LogP) is 5.26. The SMILES string of the molecule is CCC[C@H](NC(=O)[C@@H]1C[C@@](C)(O/N=C(\C)c2ccc(OCC)c(Cl)c2)CN1C(=O)[C@@H](NC(=O)CC1CCCCC1)C(C)(C)C)C(O)C(=O)NC1CC1. The molecule has 1 aromatic carbocycles. The monoisotopic (exact) mass is 745 g/mol. The molecule has 0 bridgehead atoms. The molecule has 1 saturated heterocycles. The van der Waals surface area contributed by atoms with Crippen LogP contribution in [-0.4, -0.2) is 88.4 Å². The van der Waals surface area contributed by atoms with Gasteiger partial charge in [-0.3, -0.25) is 19.2 Å². The summed E-state index contributed by atoms with van der Waals surface area (Å²) >= 11 is 6.42. The van der Waals surface area contributed by atoms with Crippen LogP contribution in [0.25, 0.3) is 0 Å². The molecule has 52 heavy (non-hydrogen) atoms. The van der Waals surface area contributed by atoms with Crippen LogP contribution in [0.4, 0.5) is 0 Å². The van der Waals surface area contributed by atoms with Crippen molar-refractivity contribution in [2.75, 3.05) is 13.2 Å². The van der Waals surface area contributed by atoms with Gasteiger partial charge < -0.3 is 35.5 Å². The molecule has 3 aliphatic rings. The van der Waals surface area contributed by atoms with E-state index >= 15 is 0 Å². The molecule has 1 unspecified atom stereocenters. The highest BCUT2D eigenvalue weighted by atomic mass is 35.5. The number of hydrogen-bond donors (Lipinski definition) is 4. The van der Waals surface area contributed by atoms with Crippen molar-refractivity contribution in [3.63, 3.8) is 0 Å². The van der Waals surface area contributed by atoms with Crippen molar-refractivity contribution in [2.24, 2.45) is 16.5 Å². The lowest BCUT2D eigenvalue weighted by molar-refractivity contribution is -0.145. The molecule has 4 amide bonds. The molecule has 0 aromatic heterocycles. The molecule has 5 atom stereocenters. The summed E-state index contributed by atoms with van der Waals surface area (Å²) in [4.78, 5) is 62.6. The third-order valence-corrected chi connectivity index (χ3v) is 10.6. The summed E-state index contributed by atoms with van der Waals surface area (Å²) in [5, 5.41) is 24.6. The fraction of sp³-hybridized carbons (Fsp3) is 0.718. The van der Waals surface area contributed by atoms with Crippen LogP contribution in [0, 0.1) is 11.3 Å². The second kappa shape index (κ2) is 18.1. The van der Waals surface area contributed by atoms with Crippen LogP contribution in [0.1, 0.15) is 125 Å². The first kappa shape index (κ1) is 41.4. The number of amides is 4. The number of carbonyl (C=O) groups is 4. The number of aliphatic hydroxyl groups is 1. The largest absolute Gasteiger partial charge is 0.492 e. The van der Waals surface area contributed by atoms with Crippen LogP contribution in [-0.2, 0) is 24.0 Å². The summed E-state index contributed by atoms with van der Waals surface area (Å²) in [6.45, 7) is 13.5.